The van der Waals surface area contributed by atoms with Gasteiger partial charge in [0.05, 0.1) is 0 Å². The van der Waals surface area contributed by atoms with Crippen LogP contribution >= 0.6 is 0 Å². The number of aromatic nitrogens is 1. The molecule has 0 spiro atoms. The van der Waals surface area contributed by atoms with E-state index in [0.717, 1.165) is 52.2 Å². The van der Waals surface area contributed by atoms with Gasteiger partial charge < -0.3 is 20.0 Å². The maximum atomic E-state index is 12.4. The number of aryl methyl sites for hydroxylation is 1. The SMILES string of the molecule is CCN1CC[C@H](NC(=O)N2CCN(c3ccncc3C)CC2)C1. The number of hydrogen-bond acceptors (Lipinski definition) is 4. The van der Waals surface area contributed by atoms with Crippen LogP contribution in [0.15, 0.2) is 18.5 Å². The first-order valence-corrected chi connectivity index (χ1v) is 8.60. The normalized spacial score (nSPS) is 22.4. The van der Waals surface area contributed by atoms with E-state index >= 15 is 0 Å². The maximum Gasteiger partial charge on any atom is 0.317 e. The molecule has 2 aliphatic heterocycles. The number of hydrogen-bond donors (Lipinski definition) is 1. The second-order valence-electron chi connectivity index (χ2n) is 6.46. The molecule has 0 aromatic carbocycles. The standard InChI is InChI=1S/C17H27N5O/c1-3-20-7-5-15(13-20)19-17(23)22-10-8-21(9-11-22)16-4-6-18-12-14(16)2/h4,6,12,15H,3,5,7-11,13H2,1-2H3,(H,19,23)/t15-/m0/s1. The number of nitrogens with zero attached hydrogens (tertiary/aromatic N) is 4. The molecule has 2 amide bonds. The molecule has 1 aromatic rings. The number of amides is 2. The molecule has 6 nitrogen and oxygen atoms in total. The molecule has 3 heterocycles. The monoisotopic (exact) mass is 317 g/mol. The van der Waals surface area contributed by atoms with E-state index in [9.17, 15) is 4.79 Å². The lowest BCUT2D eigenvalue weighted by Gasteiger charge is -2.37. The molecular formula is C17H27N5O. The Hall–Kier alpha value is -1.82. The Morgan fingerprint density at radius 1 is 1.30 bits per heavy atom. The van der Waals surface area contributed by atoms with E-state index in [-0.39, 0.29) is 6.03 Å². The minimum absolute atomic E-state index is 0.0963. The average Bonchev–Trinajstić information content (AvgIpc) is 3.03. The first-order chi connectivity index (χ1) is 11.2. The van der Waals surface area contributed by atoms with Gasteiger partial charge in [0.25, 0.3) is 0 Å². The van der Waals surface area contributed by atoms with Crippen molar-refractivity contribution in [1.82, 2.24) is 20.1 Å². The van der Waals surface area contributed by atoms with E-state index in [0.29, 0.717) is 6.04 Å². The lowest BCUT2D eigenvalue weighted by Crippen LogP contribution is -2.54. The minimum atomic E-state index is 0.0963. The van der Waals surface area contributed by atoms with Crippen molar-refractivity contribution in [2.45, 2.75) is 26.3 Å². The summed E-state index contributed by atoms with van der Waals surface area (Å²) in [6.45, 7) is 10.7. The van der Waals surface area contributed by atoms with E-state index in [1.165, 1.54) is 11.3 Å². The molecule has 0 saturated carbocycles. The number of nitrogens with one attached hydrogen (secondary N) is 1. The van der Waals surface area contributed by atoms with Gasteiger partial charge in [-0.2, -0.15) is 0 Å². The quantitative estimate of drug-likeness (QED) is 0.913. The van der Waals surface area contributed by atoms with E-state index in [2.05, 4.69) is 40.0 Å². The molecule has 1 N–H and O–H groups in total. The van der Waals surface area contributed by atoms with Gasteiger partial charge in [0, 0.05) is 63.4 Å². The molecule has 6 heteroatoms. The highest BCUT2D eigenvalue weighted by Crippen LogP contribution is 2.20. The van der Waals surface area contributed by atoms with Crippen molar-refractivity contribution in [1.29, 1.82) is 0 Å². The Morgan fingerprint density at radius 3 is 2.74 bits per heavy atom. The van der Waals surface area contributed by atoms with E-state index in [1.54, 1.807) is 0 Å². The van der Waals surface area contributed by atoms with Crippen LogP contribution in [-0.4, -0.2) is 72.7 Å². The molecule has 2 fully saturated rings. The number of pyridine rings is 1. The zero-order valence-corrected chi connectivity index (χ0v) is 14.2. The Kier molecular flexibility index (Phi) is 5.00. The topological polar surface area (TPSA) is 51.7 Å². The van der Waals surface area contributed by atoms with Crippen molar-refractivity contribution in [2.24, 2.45) is 0 Å². The number of rotatable bonds is 3. The molecule has 23 heavy (non-hydrogen) atoms. The van der Waals surface area contributed by atoms with E-state index in [4.69, 9.17) is 0 Å². The molecule has 2 aliphatic rings. The van der Waals surface area contributed by atoms with Crippen LogP contribution in [0.5, 0.6) is 0 Å². The molecule has 0 radical (unpaired) electrons. The fraction of sp³-hybridized carbons (Fsp3) is 0.647. The van der Waals surface area contributed by atoms with Crippen molar-refractivity contribution in [3.05, 3.63) is 24.0 Å². The smallest absolute Gasteiger partial charge is 0.317 e. The number of anilines is 1. The number of piperazine rings is 1. The summed E-state index contributed by atoms with van der Waals surface area (Å²) < 4.78 is 0. The fourth-order valence-corrected chi connectivity index (χ4v) is 3.47. The molecule has 2 saturated heterocycles. The van der Waals surface area contributed by atoms with Crippen LogP contribution in [0.3, 0.4) is 0 Å². The van der Waals surface area contributed by atoms with Crippen LogP contribution in [0.2, 0.25) is 0 Å². The van der Waals surface area contributed by atoms with Gasteiger partial charge in [-0.25, -0.2) is 4.79 Å². The highest BCUT2D eigenvalue weighted by atomic mass is 16.2. The molecular weight excluding hydrogens is 290 g/mol. The van der Waals surface area contributed by atoms with Crippen LogP contribution in [-0.2, 0) is 0 Å². The maximum absolute atomic E-state index is 12.4. The molecule has 1 atom stereocenters. The zero-order valence-electron chi connectivity index (χ0n) is 14.2. The molecule has 0 bridgehead atoms. The molecule has 0 unspecified atom stereocenters. The summed E-state index contributed by atoms with van der Waals surface area (Å²) in [7, 11) is 0. The average molecular weight is 317 g/mol. The molecule has 1 aromatic heterocycles. The summed E-state index contributed by atoms with van der Waals surface area (Å²) in [5.41, 5.74) is 2.42. The van der Waals surface area contributed by atoms with Crippen molar-refractivity contribution in [3.63, 3.8) is 0 Å². The number of urea groups is 1. The highest BCUT2D eigenvalue weighted by Gasteiger charge is 2.27. The van der Waals surface area contributed by atoms with Gasteiger partial charge in [-0.05, 0) is 31.5 Å². The predicted octanol–water partition coefficient (Wildman–Crippen LogP) is 1.32. The fourth-order valence-electron chi connectivity index (χ4n) is 3.47. The van der Waals surface area contributed by atoms with Crippen molar-refractivity contribution in [2.75, 3.05) is 50.7 Å². The largest absolute Gasteiger partial charge is 0.368 e. The first-order valence-electron chi connectivity index (χ1n) is 8.60. The first kappa shape index (κ1) is 16.1. The lowest BCUT2D eigenvalue weighted by atomic mass is 10.2. The van der Waals surface area contributed by atoms with Crippen LogP contribution in [0.4, 0.5) is 10.5 Å². The van der Waals surface area contributed by atoms with Crippen molar-refractivity contribution in [3.8, 4) is 0 Å². The Labute approximate surface area is 138 Å². The third-order valence-electron chi connectivity index (χ3n) is 4.95. The summed E-state index contributed by atoms with van der Waals surface area (Å²) in [5, 5.41) is 3.20. The molecule has 126 valence electrons. The van der Waals surface area contributed by atoms with Crippen LogP contribution in [0.1, 0.15) is 18.9 Å². The van der Waals surface area contributed by atoms with Gasteiger partial charge in [-0.3, -0.25) is 4.98 Å². The predicted molar refractivity (Wildman–Crippen MR) is 91.8 cm³/mol. The third-order valence-corrected chi connectivity index (χ3v) is 4.95. The van der Waals surface area contributed by atoms with Crippen LogP contribution in [0.25, 0.3) is 0 Å². The van der Waals surface area contributed by atoms with Gasteiger partial charge in [-0.15, -0.1) is 0 Å². The van der Waals surface area contributed by atoms with E-state index in [1.807, 2.05) is 17.3 Å². The molecule has 3 rings (SSSR count). The van der Waals surface area contributed by atoms with Crippen LogP contribution in [0, 0.1) is 6.92 Å². The van der Waals surface area contributed by atoms with Gasteiger partial charge in [-0.1, -0.05) is 6.92 Å². The number of carbonyl (C=O) groups is 1. The van der Waals surface area contributed by atoms with Crippen molar-refractivity contribution < 1.29 is 4.79 Å². The Bertz CT molecular complexity index is 542. The van der Waals surface area contributed by atoms with Gasteiger partial charge in [0.15, 0.2) is 0 Å². The van der Waals surface area contributed by atoms with Gasteiger partial charge in [0.1, 0.15) is 0 Å². The minimum Gasteiger partial charge on any atom is -0.368 e. The molecule has 0 aliphatic carbocycles. The van der Waals surface area contributed by atoms with Gasteiger partial charge >= 0.3 is 6.03 Å². The number of likely N-dealkylation sites (N-methyl/N-ethyl adjacent to an activating group) is 1. The lowest BCUT2D eigenvalue weighted by molar-refractivity contribution is 0.190. The summed E-state index contributed by atoms with van der Waals surface area (Å²) in [4.78, 5) is 23.2. The zero-order chi connectivity index (χ0) is 16.2. The Balaban J connectivity index is 1.49. The highest BCUT2D eigenvalue weighted by molar-refractivity contribution is 5.75. The Morgan fingerprint density at radius 2 is 2.09 bits per heavy atom. The summed E-state index contributed by atoms with van der Waals surface area (Å²) >= 11 is 0. The second kappa shape index (κ2) is 7.17. The number of carbonyl (C=O) groups excluding carboxylic acids is 1. The van der Waals surface area contributed by atoms with Crippen LogP contribution < -0.4 is 10.2 Å². The van der Waals surface area contributed by atoms with Gasteiger partial charge in [0.2, 0.25) is 0 Å². The number of likely N-dealkylation sites (tertiary alicyclic amines) is 1. The van der Waals surface area contributed by atoms with Crippen molar-refractivity contribution >= 4 is 11.7 Å². The van der Waals surface area contributed by atoms with E-state index < -0.39 is 0 Å². The second-order valence-corrected chi connectivity index (χ2v) is 6.46. The third kappa shape index (κ3) is 3.75. The summed E-state index contributed by atoms with van der Waals surface area (Å²) in [5.74, 6) is 0. The summed E-state index contributed by atoms with van der Waals surface area (Å²) in [6, 6.07) is 2.46. The summed E-state index contributed by atoms with van der Waals surface area (Å²) in [6.07, 6.45) is 4.80.